The van der Waals surface area contributed by atoms with Crippen LogP contribution in [0.15, 0.2) is 118 Å². The number of allylic oxidation sites excluding steroid dienone is 8. The summed E-state index contributed by atoms with van der Waals surface area (Å²) in [5, 5.41) is 29.9. The summed E-state index contributed by atoms with van der Waals surface area (Å²) in [4.78, 5) is 60.4. The lowest BCUT2D eigenvalue weighted by Crippen LogP contribution is -2.34. The van der Waals surface area contributed by atoms with E-state index < -0.39 is 0 Å². The van der Waals surface area contributed by atoms with E-state index in [2.05, 4.69) is 10.6 Å². The molecular formula is C49H44N4O8. The van der Waals surface area contributed by atoms with Crippen LogP contribution in [-0.4, -0.2) is 71.3 Å². The van der Waals surface area contributed by atoms with Crippen molar-refractivity contribution >= 4 is 46.2 Å². The monoisotopic (exact) mass is 816 g/mol. The number of carbonyl (C=O) groups is 4. The van der Waals surface area contributed by atoms with Gasteiger partial charge in [-0.05, 0) is 114 Å². The average Bonchev–Trinajstić information content (AvgIpc) is 3.22. The van der Waals surface area contributed by atoms with E-state index in [1.807, 2.05) is 50.2 Å². The second-order valence-electron chi connectivity index (χ2n) is 15.5. The number of nitrogens with one attached hydrogen (secondary N) is 2. The number of rotatable bonds is 2. The second-order valence-corrected chi connectivity index (χ2v) is 15.5. The Morgan fingerprint density at radius 3 is 1.23 bits per heavy atom. The van der Waals surface area contributed by atoms with Crippen LogP contribution in [0.25, 0.3) is 0 Å². The van der Waals surface area contributed by atoms with Crippen molar-refractivity contribution in [2.75, 3.05) is 26.3 Å². The predicted molar refractivity (Wildman–Crippen MR) is 232 cm³/mol. The molecule has 0 unspecified atom stereocenters. The van der Waals surface area contributed by atoms with Crippen LogP contribution in [0.2, 0.25) is 0 Å². The van der Waals surface area contributed by atoms with Crippen molar-refractivity contribution in [3.8, 4) is 23.0 Å². The number of phenolic OH excluding ortho intramolecular Hbond substituents is 2. The third kappa shape index (κ3) is 9.28. The highest BCUT2D eigenvalue weighted by molar-refractivity contribution is 6.20. The predicted octanol–water partition coefficient (Wildman–Crippen LogP) is 6.48. The molecular weight excluding hydrogens is 773 g/mol. The minimum absolute atomic E-state index is 0.0321. The van der Waals surface area contributed by atoms with E-state index in [1.54, 1.807) is 36.4 Å². The van der Waals surface area contributed by atoms with Crippen LogP contribution in [0.3, 0.4) is 0 Å². The van der Waals surface area contributed by atoms with Crippen molar-refractivity contribution in [1.29, 1.82) is 0 Å². The van der Waals surface area contributed by atoms with Crippen molar-refractivity contribution in [2.45, 2.75) is 46.0 Å². The van der Waals surface area contributed by atoms with Gasteiger partial charge in [0.2, 0.25) is 0 Å². The normalized spacial score (nSPS) is 18.3. The van der Waals surface area contributed by atoms with E-state index >= 15 is 0 Å². The van der Waals surface area contributed by atoms with Crippen molar-refractivity contribution in [2.24, 2.45) is 9.98 Å². The van der Waals surface area contributed by atoms with Gasteiger partial charge in [-0.2, -0.15) is 0 Å². The fraction of sp³-hybridized carbons (Fsp3) is 0.224. The summed E-state index contributed by atoms with van der Waals surface area (Å²) in [6.45, 7) is 3.62. The number of nitrogens with zero attached hydrogens (tertiary/aromatic N) is 2. The summed E-state index contributed by atoms with van der Waals surface area (Å²) in [5.41, 5.74) is 8.54. The molecule has 3 aliphatic carbocycles. The Hall–Kier alpha value is -7.34. The molecule has 308 valence electrons. The summed E-state index contributed by atoms with van der Waals surface area (Å²) in [5.74, 6) is -0.0710. The molecule has 10 bridgehead atoms. The van der Waals surface area contributed by atoms with Crippen LogP contribution in [0.4, 0.5) is 11.4 Å². The Labute approximate surface area is 352 Å². The van der Waals surface area contributed by atoms with Crippen LogP contribution >= 0.6 is 0 Å². The van der Waals surface area contributed by atoms with Crippen LogP contribution in [0, 0.1) is 0 Å². The van der Waals surface area contributed by atoms with Crippen LogP contribution in [0.1, 0.15) is 64.8 Å². The van der Waals surface area contributed by atoms with Crippen LogP contribution in [-0.2, 0) is 44.9 Å². The van der Waals surface area contributed by atoms with Gasteiger partial charge in [0.25, 0.3) is 11.8 Å². The van der Waals surface area contributed by atoms with Crippen molar-refractivity contribution in [1.82, 2.24) is 10.6 Å². The Morgan fingerprint density at radius 2 is 0.885 bits per heavy atom. The van der Waals surface area contributed by atoms with Crippen molar-refractivity contribution in [3.05, 3.63) is 153 Å². The second kappa shape index (κ2) is 17.5. The molecule has 12 heteroatoms. The van der Waals surface area contributed by atoms with E-state index in [0.29, 0.717) is 109 Å². The molecule has 0 saturated carbocycles. The number of fused-ring (bicyclic) bond motifs is 2. The molecule has 0 saturated heterocycles. The number of para-hydroxylation sites is 2. The first kappa shape index (κ1) is 40.4. The van der Waals surface area contributed by atoms with Crippen molar-refractivity contribution < 1.29 is 38.9 Å². The maximum Gasteiger partial charge on any atom is 0.257 e. The summed E-state index contributed by atoms with van der Waals surface area (Å²) in [6.07, 6.45) is 10.5. The molecule has 0 spiro atoms. The molecule has 61 heavy (non-hydrogen) atoms. The first-order chi connectivity index (χ1) is 29.5. The molecule has 8 rings (SSSR count). The number of ether oxygens (including phenoxy) is 2. The molecule has 0 aromatic heterocycles. The third-order valence-electron chi connectivity index (χ3n) is 10.9. The van der Waals surface area contributed by atoms with Gasteiger partial charge in [0.1, 0.15) is 23.0 Å². The lowest BCUT2D eigenvalue weighted by Gasteiger charge is -2.21. The van der Waals surface area contributed by atoms with Crippen molar-refractivity contribution in [3.63, 3.8) is 0 Å². The number of aliphatic imine (C=N–C) groups is 2. The highest BCUT2D eigenvalue weighted by Crippen LogP contribution is 2.41. The lowest BCUT2D eigenvalue weighted by atomic mass is 9.90. The molecule has 4 aromatic rings. The fourth-order valence-electron chi connectivity index (χ4n) is 7.88. The summed E-state index contributed by atoms with van der Waals surface area (Å²) >= 11 is 0. The van der Waals surface area contributed by atoms with Gasteiger partial charge in [0, 0.05) is 61.0 Å². The quantitative estimate of drug-likeness (QED) is 0.146. The van der Waals surface area contributed by atoms with Crippen LogP contribution < -0.4 is 20.1 Å². The number of benzene rings is 4. The first-order valence-electron chi connectivity index (χ1n) is 20.2. The van der Waals surface area contributed by atoms with Gasteiger partial charge in [-0.1, -0.05) is 36.4 Å². The van der Waals surface area contributed by atoms with Gasteiger partial charge < -0.3 is 30.3 Å². The summed E-state index contributed by atoms with van der Waals surface area (Å²) in [7, 11) is 0. The highest BCUT2D eigenvalue weighted by Gasteiger charge is 2.23. The Balaban J connectivity index is 1.36. The third-order valence-corrected chi connectivity index (χ3v) is 10.9. The Morgan fingerprint density at radius 1 is 0.525 bits per heavy atom. The molecule has 1 aliphatic heterocycles. The molecule has 4 aromatic carbocycles. The van der Waals surface area contributed by atoms with Gasteiger partial charge in [-0.25, -0.2) is 9.98 Å². The number of ketones is 2. The molecule has 4 N–H and O–H groups in total. The van der Waals surface area contributed by atoms with Crippen LogP contribution in [0.5, 0.6) is 23.0 Å². The average molecular weight is 817 g/mol. The standard InChI is InChI=1S/C49H44N4O8/c1-28-16-40(54)10-12-42(28)52-38-22-34-18-30-6-3-8-32-20-36-24-39(53-43-13-11-41(55)17-29(43)2)25-37(47(36)59)21-33-9-4-7-31(19-35(23-38)46(34)58)49(33)61-27-45(57)51-15-5-14-50-44(56)26-60-48(30)32/h3-4,6-13,16-17,22-25,58-59H,5,14-15,18-21,26-27H2,1-2H3,(H,50,56)(H,51,57). The summed E-state index contributed by atoms with van der Waals surface area (Å²) < 4.78 is 12.8. The zero-order chi connectivity index (χ0) is 42.6. The number of phenols is 2. The number of aromatic hydroxyl groups is 2. The molecule has 0 radical (unpaired) electrons. The number of amides is 2. The zero-order valence-electron chi connectivity index (χ0n) is 33.8. The van der Waals surface area contributed by atoms with E-state index in [0.717, 1.165) is 0 Å². The lowest BCUT2D eigenvalue weighted by molar-refractivity contribution is -0.123. The number of carbonyl (C=O) groups excluding carboxylic acids is 4. The van der Waals surface area contributed by atoms with Gasteiger partial charge >= 0.3 is 0 Å². The summed E-state index contributed by atoms with van der Waals surface area (Å²) in [6, 6.07) is 18.5. The van der Waals surface area contributed by atoms with Gasteiger partial charge in [0.05, 0.1) is 22.8 Å². The largest absolute Gasteiger partial charge is 0.507 e. The maximum absolute atomic E-state index is 13.2. The van der Waals surface area contributed by atoms with E-state index in [-0.39, 0.29) is 73.8 Å². The van der Waals surface area contributed by atoms with E-state index in [1.165, 1.54) is 24.3 Å². The van der Waals surface area contributed by atoms with E-state index in [9.17, 15) is 29.4 Å². The first-order valence-corrected chi connectivity index (χ1v) is 20.2. The number of hydrogen-bond acceptors (Lipinski definition) is 10. The highest BCUT2D eigenvalue weighted by atomic mass is 16.5. The topological polar surface area (TPSA) is 176 Å². The van der Waals surface area contributed by atoms with Gasteiger partial charge in [0.15, 0.2) is 24.8 Å². The Bertz CT molecular complexity index is 2430. The molecule has 0 atom stereocenters. The smallest absolute Gasteiger partial charge is 0.257 e. The molecule has 12 nitrogen and oxygen atoms in total. The molecule has 0 fully saturated rings. The SMILES string of the molecule is CC1=CC(=O)C=CC1=Nc1cc2c(O)c(c1)Cc1cccc3c1OCC(=O)NCCCNC(=O)COc1c(cccc1Cc1cc(N=C4C=CC(=O)C=C4C)cc(c1O)C3)C2. The molecule has 1 heterocycles. The minimum atomic E-state index is -0.362. The van der Waals surface area contributed by atoms with Gasteiger partial charge in [-0.15, -0.1) is 0 Å². The zero-order valence-corrected chi connectivity index (χ0v) is 33.8. The molecule has 4 aliphatic rings. The fourth-order valence-corrected chi connectivity index (χ4v) is 7.88. The van der Waals surface area contributed by atoms with E-state index in [4.69, 9.17) is 19.5 Å². The molecule has 2 amide bonds. The maximum atomic E-state index is 13.2. The minimum Gasteiger partial charge on any atom is -0.507 e. The number of hydrogen-bond donors (Lipinski definition) is 4. The Kier molecular flexibility index (Phi) is 11.6. The van der Waals surface area contributed by atoms with Gasteiger partial charge in [-0.3, -0.25) is 19.2 Å².